The lowest BCUT2D eigenvalue weighted by Gasteiger charge is -2.27. The van der Waals surface area contributed by atoms with Crippen molar-refractivity contribution in [1.29, 1.82) is 0 Å². The predicted molar refractivity (Wildman–Crippen MR) is 101 cm³/mol. The van der Waals surface area contributed by atoms with Crippen LogP contribution in [0.1, 0.15) is 48.8 Å². The Kier molecular flexibility index (Phi) is 6.05. The molecular formula is C19H26N6O2. The van der Waals surface area contributed by atoms with Crippen LogP contribution in [-0.4, -0.2) is 56.6 Å². The van der Waals surface area contributed by atoms with E-state index in [1.165, 1.54) is 14.8 Å². The van der Waals surface area contributed by atoms with Gasteiger partial charge in [-0.25, -0.2) is 14.8 Å². The Balaban J connectivity index is 1.71. The number of unbranched alkanes of at least 4 members (excludes halogenated alkanes) is 2. The molecule has 1 aliphatic heterocycles. The summed E-state index contributed by atoms with van der Waals surface area (Å²) in [5, 5.41) is 14.6. The van der Waals surface area contributed by atoms with Gasteiger partial charge < -0.3 is 5.32 Å². The minimum atomic E-state index is -0.295. The summed E-state index contributed by atoms with van der Waals surface area (Å²) in [7, 11) is 0. The molecule has 0 unspecified atom stereocenters. The molecule has 0 radical (unpaired) electrons. The van der Waals surface area contributed by atoms with E-state index in [9.17, 15) is 9.59 Å². The van der Waals surface area contributed by atoms with E-state index < -0.39 is 0 Å². The van der Waals surface area contributed by atoms with Crippen molar-refractivity contribution in [1.82, 2.24) is 30.3 Å². The lowest BCUT2D eigenvalue weighted by Crippen LogP contribution is -2.49. The van der Waals surface area contributed by atoms with Gasteiger partial charge >= 0.3 is 6.03 Å². The quantitative estimate of drug-likeness (QED) is 0.792. The van der Waals surface area contributed by atoms with Gasteiger partial charge in [0.05, 0.1) is 11.4 Å². The molecule has 27 heavy (non-hydrogen) atoms. The maximum Gasteiger partial charge on any atom is 0.336 e. The molecule has 1 aromatic heterocycles. The number of aryl methyl sites for hydroxylation is 1. The number of nitrogens with zero attached hydrogens (tertiary/aromatic N) is 5. The summed E-state index contributed by atoms with van der Waals surface area (Å²) in [6.07, 6.45) is 3.86. The highest BCUT2D eigenvalue weighted by atomic mass is 16.2. The van der Waals surface area contributed by atoms with Crippen LogP contribution in [0.4, 0.5) is 4.79 Å². The molecule has 8 heteroatoms. The number of para-hydroxylation sites is 1. The Bertz CT molecular complexity index is 789. The second-order valence-electron chi connectivity index (χ2n) is 6.60. The van der Waals surface area contributed by atoms with E-state index in [1.807, 2.05) is 30.3 Å². The highest BCUT2D eigenvalue weighted by Gasteiger charge is 2.33. The van der Waals surface area contributed by atoms with E-state index in [0.29, 0.717) is 25.3 Å². The maximum absolute atomic E-state index is 13.0. The summed E-state index contributed by atoms with van der Waals surface area (Å²) >= 11 is 0. The standard InChI is InChI=1S/C19H26N6O2/c1-3-4-8-12-20-19(27)24-14-9-13-23(24)18(26)17-15(2)21-25(22-17)16-10-6-5-7-11-16/h5-7,10-11H,3-4,8-9,12-14H2,1-2H3,(H,20,27). The van der Waals surface area contributed by atoms with Crippen LogP contribution in [0.25, 0.3) is 5.69 Å². The molecule has 3 amide bonds. The summed E-state index contributed by atoms with van der Waals surface area (Å²) in [4.78, 5) is 26.9. The summed E-state index contributed by atoms with van der Waals surface area (Å²) < 4.78 is 0. The van der Waals surface area contributed by atoms with Crippen molar-refractivity contribution in [2.45, 2.75) is 39.5 Å². The van der Waals surface area contributed by atoms with E-state index in [-0.39, 0.29) is 17.6 Å². The molecule has 1 fully saturated rings. The van der Waals surface area contributed by atoms with Crippen LogP contribution in [0.3, 0.4) is 0 Å². The monoisotopic (exact) mass is 370 g/mol. The Morgan fingerprint density at radius 3 is 2.56 bits per heavy atom. The maximum atomic E-state index is 13.0. The van der Waals surface area contributed by atoms with Crippen molar-refractivity contribution in [2.24, 2.45) is 0 Å². The van der Waals surface area contributed by atoms with E-state index in [4.69, 9.17) is 0 Å². The molecule has 0 saturated carbocycles. The predicted octanol–water partition coefficient (Wildman–Crippen LogP) is 2.54. The lowest BCUT2D eigenvalue weighted by molar-refractivity contribution is 0.0370. The first-order valence-corrected chi connectivity index (χ1v) is 9.48. The number of hydrazine groups is 1. The highest BCUT2D eigenvalue weighted by Crippen LogP contribution is 2.17. The van der Waals surface area contributed by atoms with E-state index >= 15 is 0 Å². The largest absolute Gasteiger partial charge is 0.337 e. The van der Waals surface area contributed by atoms with Gasteiger partial charge in [-0.2, -0.15) is 9.90 Å². The van der Waals surface area contributed by atoms with Gasteiger partial charge in [-0.1, -0.05) is 38.0 Å². The molecule has 1 aromatic carbocycles. The number of hydrogen-bond donors (Lipinski definition) is 1. The second-order valence-corrected chi connectivity index (χ2v) is 6.60. The summed E-state index contributed by atoms with van der Waals surface area (Å²) in [6.45, 7) is 5.52. The molecule has 8 nitrogen and oxygen atoms in total. The first kappa shape index (κ1) is 18.9. The van der Waals surface area contributed by atoms with Gasteiger partial charge in [0, 0.05) is 19.6 Å². The van der Waals surface area contributed by atoms with Crippen LogP contribution < -0.4 is 5.32 Å². The molecule has 0 bridgehead atoms. The summed E-state index contributed by atoms with van der Waals surface area (Å²) in [5.41, 5.74) is 1.59. The van der Waals surface area contributed by atoms with Crippen molar-refractivity contribution in [3.8, 4) is 5.69 Å². The molecule has 2 aromatic rings. The van der Waals surface area contributed by atoms with Gasteiger partial charge in [-0.05, 0) is 31.9 Å². The van der Waals surface area contributed by atoms with Crippen molar-refractivity contribution in [2.75, 3.05) is 19.6 Å². The molecule has 1 aliphatic rings. The van der Waals surface area contributed by atoms with Gasteiger partial charge in [-0.15, -0.1) is 5.10 Å². The number of carbonyl (C=O) groups excluding carboxylic acids is 2. The van der Waals surface area contributed by atoms with E-state index in [2.05, 4.69) is 22.4 Å². The Hall–Kier alpha value is -2.90. The van der Waals surface area contributed by atoms with Crippen LogP contribution in [0.2, 0.25) is 0 Å². The average molecular weight is 370 g/mol. The average Bonchev–Trinajstić information content (AvgIpc) is 3.32. The lowest BCUT2D eigenvalue weighted by atomic mass is 10.2. The molecule has 0 atom stereocenters. The number of rotatable bonds is 6. The zero-order chi connectivity index (χ0) is 19.2. The van der Waals surface area contributed by atoms with Gasteiger partial charge in [0.1, 0.15) is 0 Å². The molecule has 144 valence electrons. The zero-order valence-electron chi connectivity index (χ0n) is 15.9. The van der Waals surface area contributed by atoms with Crippen LogP contribution in [0, 0.1) is 6.92 Å². The number of nitrogens with one attached hydrogen (secondary N) is 1. The second kappa shape index (κ2) is 8.66. The molecule has 0 aliphatic carbocycles. The Labute approximate surface area is 159 Å². The third-order valence-corrected chi connectivity index (χ3v) is 4.53. The topological polar surface area (TPSA) is 83.4 Å². The van der Waals surface area contributed by atoms with Gasteiger partial charge in [-0.3, -0.25) is 4.79 Å². The number of carbonyl (C=O) groups is 2. The summed E-state index contributed by atoms with van der Waals surface area (Å²) in [6, 6.07) is 9.21. The number of hydrogen-bond acceptors (Lipinski definition) is 4. The third-order valence-electron chi connectivity index (χ3n) is 4.53. The molecular weight excluding hydrogens is 344 g/mol. The fraction of sp³-hybridized carbons (Fsp3) is 0.474. The minimum absolute atomic E-state index is 0.231. The van der Waals surface area contributed by atoms with Crippen LogP contribution >= 0.6 is 0 Å². The van der Waals surface area contributed by atoms with Crippen LogP contribution in [0.5, 0.6) is 0 Å². The van der Waals surface area contributed by atoms with Crippen LogP contribution in [0.15, 0.2) is 30.3 Å². The molecule has 3 rings (SSSR count). The Morgan fingerprint density at radius 2 is 1.81 bits per heavy atom. The molecule has 2 heterocycles. The summed E-state index contributed by atoms with van der Waals surface area (Å²) in [5.74, 6) is -0.295. The normalized spacial score (nSPS) is 13.9. The van der Waals surface area contributed by atoms with Gasteiger partial charge in [0.15, 0.2) is 5.69 Å². The van der Waals surface area contributed by atoms with Crippen LogP contribution in [-0.2, 0) is 0 Å². The fourth-order valence-electron chi connectivity index (χ4n) is 3.07. The third kappa shape index (κ3) is 4.27. The minimum Gasteiger partial charge on any atom is -0.337 e. The number of aromatic nitrogens is 3. The number of amides is 3. The fourth-order valence-corrected chi connectivity index (χ4v) is 3.07. The number of benzene rings is 1. The van der Waals surface area contributed by atoms with Crippen molar-refractivity contribution in [3.05, 3.63) is 41.7 Å². The van der Waals surface area contributed by atoms with Gasteiger partial charge in [0.2, 0.25) is 0 Å². The van der Waals surface area contributed by atoms with E-state index in [0.717, 1.165) is 31.4 Å². The Morgan fingerprint density at radius 1 is 1.07 bits per heavy atom. The first-order chi connectivity index (χ1) is 13.1. The molecule has 0 spiro atoms. The van der Waals surface area contributed by atoms with Crippen molar-refractivity contribution in [3.63, 3.8) is 0 Å². The van der Waals surface area contributed by atoms with Crippen molar-refractivity contribution < 1.29 is 9.59 Å². The highest BCUT2D eigenvalue weighted by molar-refractivity contribution is 5.94. The number of urea groups is 1. The van der Waals surface area contributed by atoms with E-state index in [1.54, 1.807) is 6.92 Å². The molecule has 1 N–H and O–H groups in total. The SMILES string of the molecule is CCCCCNC(=O)N1CCCN1C(=O)c1nn(-c2ccccc2)nc1C. The molecule has 1 saturated heterocycles. The smallest absolute Gasteiger partial charge is 0.336 e. The van der Waals surface area contributed by atoms with Crippen molar-refractivity contribution >= 4 is 11.9 Å². The zero-order valence-corrected chi connectivity index (χ0v) is 15.9. The van der Waals surface area contributed by atoms with Gasteiger partial charge in [0.25, 0.3) is 5.91 Å². The first-order valence-electron chi connectivity index (χ1n) is 9.48.